The van der Waals surface area contributed by atoms with Crippen molar-refractivity contribution in [2.45, 2.75) is 38.6 Å². The second-order valence-electron chi connectivity index (χ2n) is 5.42. The molecule has 1 saturated carbocycles. The zero-order valence-corrected chi connectivity index (χ0v) is 10.8. The monoisotopic (exact) mass is 255 g/mol. The molecule has 102 valence electrons. The molecule has 18 heavy (non-hydrogen) atoms. The molecule has 0 spiro atoms. The van der Waals surface area contributed by atoms with Crippen LogP contribution >= 0.6 is 0 Å². The fourth-order valence-electron chi connectivity index (χ4n) is 2.81. The smallest absolute Gasteiger partial charge is 0.328 e. The maximum absolute atomic E-state index is 12.4. The number of ether oxygens (including phenoxy) is 1. The highest BCUT2D eigenvalue weighted by Crippen LogP contribution is 2.30. The van der Waals surface area contributed by atoms with E-state index in [-0.39, 0.29) is 18.4 Å². The summed E-state index contributed by atoms with van der Waals surface area (Å²) in [6, 6.07) is -0.800. The molecule has 0 radical (unpaired) electrons. The molecule has 0 aromatic carbocycles. The van der Waals surface area contributed by atoms with Crippen molar-refractivity contribution < 1.29 is 19.4 Å². The van der Waals surface area contributed by atoms with Crippen LogP contribution in [-0.4, -0.2) is 47.7 Å². The van der Waals surface area contributed by atoms with Crippen molar-refractivity contribution in [1.29, 1.82) is 0 Å². The fourth-order valence-corrected chi connectivity index (χ4v) is 2.81. The summed E-state index contributed by atoms with van der Waals surface area (Å²) in [4.78, 5) is 25.0. The maximum Gasteiger partial charge on any atom is 0.328 e. The lowest BCUT2D eigenvalue weighted by atomic mass is 9.82. The minimum absolute atomic E-state index is 0.0117. The molecule has 5 nitrogen and oxygen atoms in total. The Hall–Kier alpha value is -1.10. The van der Waals surface area contributed by atoms with Crippen LogP contribution in [0.2, 0.25) is 0 Å². The van der Waals surface area contributed by atoms with E-state index in [0.29, 0.717) is 19.1 Å². The van der Waals surface area contributed by atoms with Crippen molar-refractivity contribution in [1.82, 2.24) is 4.90 Å². The third-order valence-corrected chi connectivity index (χ3v) is 4.06. The van der Waals surface area contributed by atoms with E-state index in [1.165, 1.54) is 4.90 Å². The summed E-state index contributed by atoms with van der Waals surface area (Å²) in [7, 11) is 0. The number of carbonyl (C=O) groups excluding carboxylic acids is 1. The van der Waals surface area contributed by atoms with Crippen LogP contribution in [0.3, 0.4) is 0 Å². The number of carboxylic acid groups (broad SMARTS) is 1. The van der Waals surface area contributed by atoms with Crippen LogP contribution < -0.4 is 0 Å². The van der Waals surface area contributed by atoms with E-state index in [4.69, 9.17) is 9.84 Å². The summed E-state index contributed by atoms with van der Waals surface area (Å²) >= 11 is 0. The van der Waals surface area contributed by atoms with Gasteiger partial charge in [0.05, 0.1) is 13.2 Å². The molecule has 5 heteroatoms. The highest BCUT2D eigenvalue weighted by Gasteiger charge is 2.36. The summed E-state index contributed by atoms with van der Waals surface area (Å²) in [5.41, 5.74) is 0. The lowest BCUT2D eigenvalue weighted by molar-refractivity contribution is -0.160. The van der Waals surface area contributed by atoms with Crippen LogP contribution in [0.25, 0.3) is 0 Å². The van der Waals surface area contributed by atoms with Gasteiger partial charge < -0.3 is 14.7 Å². The Bertz CT molecular complexity index is 323. The molecular weight excluding hydrogens is 234 g/mol. The van der Waals surface area contributed by atoms with Crippen LogP contribution in [-0.2, 0) is 14.3 Å². The topological polar surface area (TPSA) is 66.8 Å². The Labute approximate surface area is 107 Å². The Morgan fingerprint density at radius 3 is 2.50 bits per heavy atom. The molecule has 1 unspecified atom stereocenters. The number of hydrogen-bond donors (Lipinski definition) is 1. The quantitative estimate of drug-likeness (QED) is 0.803. The molecule has 2 aliphatic rings. The number of nitrogens with zero attached hydrogens (tertiary/aromatic N) is 1. The van der Waals surface area contributed by atoms with Gasteiger partial charge in [0.15, 0.2) is 6.04 Å². The van der Waals surface area contributed by atoms with E-state index < -0.39 is 12.0 Å². The highest BCUT2D eigenvalue weighted by atomic mass is 16.5. The zero-order valence-electron chi connectivity index (χ0n) is 10.8. The van der Waals surface area contributed by atoms with E-state index >= 15 is 0 Å². The number of carboxylic acids is 1. The molecule has 1 N–H and O–H groups in total. The second kappa shape index (κ2) is 5.69. The molecule has 1 aliphatic carbocycles. The standard InChI is InChI=1S/C13H21NO4/c1-9-2-4-10(5-3-9)12(15)14-6-7-18-8-11(14)13(16)17/h9-11H,2-8H2,1H3,(H,16,17). The molecule has 1 atom stereocenters. The van der Waals surface area contributed by atoms with Gasteiger partial charge in [-0.05, 0) is 31.6 Å². The van der Waals surface area contributed by atoms with Gasteiger partial charge in [-0.3, -0.25) is 4.79 Å². The first-order valence-corrected chi connectivity index (χ1v) is 6.70. The van der Waals surface area contributed by atoms with Gasteiger partial charge in [-0.15, -0.1) is 0 Å². The molecule has 1 amide bonds. The fraction of sp³-hybridized carbons (Fsp3) is 0.846. The average Bonchev–Trinajstić information content (AvgIpc) is 2.39. The lowest BCUT2D eigenvalue weighted by Crippen LogP contribution is -2.54. The molecule has 2 fully saturated rings. The van der Waals surface area contributed by atoms with Crippen molar-refractivity contribution in [3.05, 3.63) is 0 Å². The predicted octanol–water partition coefficient (Wildman–Crippen LogP) is 1.12. The van der Waals surface area contributed by atoms with Crippen molar-refractivity contribution in [2.75, 3.05) is 19.8 Å². The van der Waals surface area contributed by atoms with Gasteiger partial charge in [0.25, 0.3) is 0 Å². The number of rotatable bonds is 2. The summed E-state index contributed by atoms with van der Waals surface area (Å²) in [5.74, 6) is -0.250. The second-order valence-corrected chi connectivity index (χ2v) is 5.42. The lowest BCUT2D eigenvalue weighted by Gasteiger charge is -2.36. The van der Waals surface area contributed by atoms with E-state index in [0.717, 1.165) is 25.7 Å². The van der Waals surface area contributed by atoms with Gasteiger partial charge in [-0.25, -0.2) is 4.79 Å². The van der Waals surface area contributed by atoms with Crippen LogP contribution in [0.1, 0.15) is 32.6 Å². The molecule has 1 aliphatic heterocycles. The summed E-state index contributed by atoms with van der Waals surface area (Å²) in [6.45, 7) is 3.17. The van der Waals surface area contributed by atoms with E-state index in [9.17, 15) is 9.59 Å². The van der Waals surface area contributed by atoms with Crippen molar-refractivity contribution >= 4 is 11.9 Å². The third-order valence-electron chi connectivity index (χ3n) is 4.06. The van der Waals surface area contributed by atoms with Crippen molar-refractivity contribution in [3.63, 3.8) is 0 Å². The van der Waals surface area contributed by atoms with Crippen LogP contribution in [0.5, 0.6) is 0 Å². The van der Waals surface area contributed by atoms with Crippen LogP contribution in [0, 0.1) is 11.8 Å². The van der Waals surface area contributed by atoms with Crippen LogP contribution in [0.15, 0.2) is 0 Å². The minimum Gasteiger partial charge on any atom is -0.480 e. The number of amides is 1. The van der Waals surface area contributed by atoms with Crippen molar-refractivity contribution in [3.8, 4) is 0 Å². The molecule has 0 aromatic heterocycles. The first-order valence-electron chi connectivity index (χ1n) is 6.70. The number of aliphatic carboxylic acids is 1. The maximum atomic E-state index is 12.4. The molecule has 0 bridgehead atoms. The first kappa shape index (κ1) is 13.3. The Kier molecular flexibility index (Phi) is 4.22. The van der Waals surface area contributed by atoms with Crippen LogP contribution in [0.4, 0.5) is 0 Å². The molecule has 2 rings (SSSR count). The third kappa shape index (κ3) is 2.83. The number of hydrogen-bond acceptors (Lipinski definition) is 3. The molecule has 0 aromatic rings. The van der Waals surface area contributed by atoms with Gasteiger partial charge in [0.1, 0.15) is 0 Å². The van der Waals surface area contributed by atoms with Gasteiger partial charge in [-0.1, -0.05) is 6.92 Å². The molecular formula is C13H21NO4. The minimum atomic E-state index is -0.966. The van der Waals surface area contributed by atoms with Gasteiger partial charge in [0.2, 0.25) is 5.91 Å². The average molecular weight is 255 g/mol. The van der Waals surface area contributed by atoms with E-state index in [1.54, 1.807) is 0 Å². The number of morpholine rings is 1. The largest absolute Gasteiger partial charge is 0.480 e. The Morgan fingerprint density at radius 2 is 1.89 bits per heavy atom. The summed E-state index contributed by atoms with van der Waals surface area (Å²) in [6.07, 6.45) is 3.92. The summed E-state index contributed by atoms with van der Waals surface area (Å²) in [5, 5.41) is 9.12. The van der Waals surface area contributed by atoms with E-state index in [2.05, 4.69) is 6.92 Å². The summed E-state index contributed by atoms with van der Waals surface area (Å²) < 4.78 is 5.15. The molecule has 1 heterocycles. The first-order chi connectivity index (χ1) is 8.59. The normalized spacial score (nSPS) is 33.2. The van der Waals surface area contributed by atoms with Gasteiger partial charge in [-0.2, -0.15) is 0 Å². The highest BCUT2D eigenvalue weighted by molar-refractivity contribution is 5.85. The molecule has 1 saturated heterocycles. The van der Waals surface area contributed by atoms with E-state index in [1.807, 2.05) is 0 Å². The van der Waals surface area contributed by atoms with Crippen molar-refractivity contribution in [2.24, 2.45) is 11.8 Å². The Balaban J connectivity index is 2.00. The SMILES string of the molecule is CC1CCC(C(=O)N2CCOCC2C(=O)O)CC1. The number of carbonyl (C=O) groups is 2. The zero-order chi connectivity index (χ0) is 13.1. The van der Waals surface area contributed by atoms with Gasteiger partial charge in [0, 0.05) is 12.5 Å². The predicted molar refractivity (Wildman–Crippen MR) is 65.1 cm³/mol. The van der Waals surface area contributed by atoms with Gasteiger partial charge >= 0.3 is 5.97 Å². The Morgan fingerprint density at radius 1 is 1.22 bits per heavy atom.